The van der Waals surface area contributed by atoms with Crippen molar-refractivity contribution in [1.82, 2.24) is 15.5 Å². The zero-order valence-corrected chi connectivity index (χ0v) is 12.3. The van der Waals surface area contributed by atoms with E-state index in [0.717, 1.165) is 25.5 Å². The number of halogens is 4. The van der Waals surface area contributed by atoms with E-state index < -0.39 is 11.7 Å². The second kappa shape index (κ2) is 5.42. The van der Waals surface area contributed by atoms with Gasteiger partial charge < -0.3 is 9.84 Å². The maximum atomic E-state index is 12.9. The SMILES string of the molecule is FC(F)(F)c1cc(-c2noc(C3CCCN3)n2)ccc1Br. The van der Waals surface area contributed by atoms with Crippen LogP contribution in [0.3, 0.4) is 0 Å². The summed E-state index contributed by atoms with van der Waals surface area (Å²) in [6.07, 6.45) is -2.54. The first-order valence-corrected chi connectivity index (χ1v) is 7.18. The molecule has 1 aliphatic heterocycles. The van der Waals surface area contributed by atoms with Crippen LogP contribution in [0.1, 0.15) is 30.3 Å². The van der Waals surface area contributed by atoms with Gasteiger partial charge in [-0.15, -0.1) is 0 Å². The quantitative estimate of drug-likeness (QED) is 0.879. The smallest absolute Gasteiger partial charge is 0.337 e. The lowest BCUT2D eigenvalue weighted by molar-refractivity contribution is -0.138. The Morgan fingerprint density at radius 1 is 1.33 bits per heavy atom. The summed E-state index contributed by atoms with van der Waals surface area (Å²) in [5.74, 6) is 0.579. The molecular formula is C13H11BrF3N3O. The molecule has 1 N–H and O–H groups in total. The molecule has 3 rings (SSSR count). The van der Waals surface area contributed by atoms with Crippen LogP contribution in [0.5, 0.6) is 0 Å². The summed E-state index contributed by atoms with van der Waals surface area (Å²) in [5.41, 5.74) is -0.483. The van der Waals surface area contributed by atoms with E-state index in [9.17, 15) is 13.2 Å². The number of alkyl halides is 3. The van der Waals surface area contributed by atoms with Crippen LogP contribution in [0.2, 0.25) is 0 Å². The van der Waals surface area contributed by atoms with Gasteiger partial charge in [-0.3, -0.25) is 0 Å². The summed E-state index contributed by atoms with van der Waals surface area (Å²) < 4.78 is 43.8. The minimum Gasteiger partial charge on any atom is -0.337 e. The van der Waals surface area contributed by atoms with Crippen LogP contribution in [0.25, 0.3) is 11.4 Å². The van der Waals surface area contributed by atoms with Crippen molar-refractivity contribution in [2.24, 2.45) is 0 Å². The minimum atomic E-state index is -4.44. The Morgan fingerprint density at radius 3 is 2.81 bits per heavy atom. The van der Waals surface area contributed by atoms with E-state index in [0.29, 0.717) is 5.89 Å². The molecule has 2 aromatic rings. The molecule has 4 nitrogen and oxygen atoms in total. The molecule has 1 aromatic heterocycles. The normalized spacial score (nSPS) is 19.1. The molecule has 0 spiro atoms. The molecule has 0 saturated carbocycles. The van der Waals surface area contributed by atoms with Crippen LogP contribution < -0.4 is 5.32 Å². The van der Waals surface area contributed by atoms with E-state index in [-0.39, 0.29) is 21.9 Å². The molecule has 0 amide bonds. The highest BCUT2D eigenvalue weighted by Gasteiger charge is 2.33. The van der Waals surface area contributed by atoms with Gasteiger partial charge in [0.25, 0.3) is 0 Å². The number of benzene rings is 1. The molecule has 2 heterocycles. The molecule has 8 heteroatoms. The van der Waals surface area contributed by atoms with Crippen molar-refractivity contribution >= 4 is 15.9 Å². The third-order valence-corrected chi connectivity index (χ3v) is 4.02. The van der Waals surface area contributed by atoms with Gasteiger partial charge in [-0.2, -0.15) is 18.2 Å². The molecule has 1 unspecified atom stereocenters. The van der Waals surface area contributed by atoms with Crippen molar-refractivity contribution in [2.45, 2.75) is 25.1 Å². The fourth-order valence-corrected chi connectivity index (χ4v) is 2.74. The first-order valence-electron chi connectivity index (χ1n) is 6.39. The minimum absolute atomic E-state index is 0.0104. The molecule has 1 fully saturated rings. The monoisotopic (exact) mass is 361 g/mol. The summed E-state index contributed by atoms with van der Waals surface area (Å²) in [7, 11) is 0. The van der Waals surface area contributed by atoms with E-state index in [1.807, 2.05) is 0 Å². The third-order valence-electron chi connectivity index (χ3n) is 3.33. The Balaban J connectivity index is 1.93. The summed E-state index contributed by atoms with van der Waals surface area (Å²) in [5, 5.41) is 6.97. The molecule has 0 aliphatic carbocycles. The molecule has 0 radical (unpaired) electrons. The molecule has 1 atom stereocenters. The van der Waals surface area contributed by atoms with Gasteiger partial charge in [0.2, 0.25) is 11.7 Å². The molecule has 1 saturated heterocycles. The topological polar surface area (TPSA) is 51.0 Å². The van der Waals surface area contributed by atoms with Crippen molar-refractivity contribution in [3.05, 3.63) is 34.1 Å². The van der Waals surface area contributed by atoms with Crippen LogP contribution in [0.15, 0.2) is 27.2 Å². The second-order valence-corrected chi connectivity index (χ2v) is 5.65. The summed E-state index contributed by atoms with van der Waals surface area (Å²) in [6, 6.07) is 3.86. The number of aromatic nitrogens is 2. The van der Waals surface area contributed by atoms with Gasteiger partial charge in [0, 0.05) is 10.0 Å². The van der Waals surface area contributed by atoms with Gasteiger partial charge in [0.15, 0.2) is 0 Å². The number of nitrogens with zero attached hydrogens (tertiary/aromatic N) is 2. The Bertz CT molecular complexity index is 650. The van der Waals surface area contributed by atoms with Crippen LogP contribution in [-0.4, -0.2) is 16.7 Å². The number of hydrogen-bond donors (Lipinski definition) is 1. The predicted molar refractivity (Wildman–Crippen MR) is 72.4 cm³/mol. The fourth-order valence-electron chi connectivity index (χ4n) is 2.27. The zero-order valence-electron chi connectivity index (χ0n) is 10.7. The summed E-state index contributed by atoms with van der Waals surface area (Å²) in [4.78, 5) is 4.19. The fraction of sp³-hybridized carbons (Fsp3) is 0.385. The van der Waals surface area contributed by atoms with Crippen molar-refractivity contribution in [1.29, 1.82) is 0 Å². The average molecular weight is 362 g/mol. The third kappa shape index (κ3) is 2.96. The van der Waals surface area contributed by atoms with Crippen LogP contribution in [0.4, 0.5) is 13.2 Å². The van der Waals surface area contributed by atoms with E-state index in [1.165, 1.54) is 12.1 Å². The molecule has 0 bridgehead atoms. The molecule has 1 aliphatic rings. The highest BCUT2D eigenvalue weighted by molar-refractivity contribution is 9.10. The second-order valence-electron chi connectivity index (χ2n) is 4.80. The lowest BCUT2D eigenvalue weighted by atomic mass is 10.1. The Morgan fingerprint density at radius 2 is 2.14 bits per heavy atom. The van der Waals surface area contributed by atoms with E-state index in [1.54, 1.807) is 0 Å². The Labute approximate surface area is 126 Å². The van der Waals surface area contributed by atoms with Crippen molar-refractivity contribution in [2.75, 3.05) is 6.54 Å². The molecular weight excluding hydrogens is 351 g/mol. The van der Waals surface area contributed by atoms with Crippen molar-refractivity contribution in [3.8, 4) is 11.4 Å². The highest BCUT2D eigenvalue weighted by Crippen LogP contribution is 2.37. The Hall–Kier alpha value is -1.41. The molecule has 1 aromatic carbocycles. The first-order chi connectivity index (χ1) is 9.95. The number of nitrogens with one attached hydrogen (secondary N) is 1. The van der Waals surface area contributed by atoms with Gasteiger partial charge in [-0.1, -0.05) is 21.1 Å². The van der Waals surface area contributed by atoms with E-state index >= 15 is 0 Å². The number of rotatable bonds is 2. The average Bonchev–Trinajstić information content (AvgIpc) is 3.09. The summed E-state index contributed by atoms with van der Waals surface area (Å²) >= 11 is 2.90. The van der Waals surface area contributed by atoms with Crippen LogP contribution in [-0.2, 0) is 6.18 Å². The van der Waals surface area contributed by atoms with Gasteiger partial charge >= 0.3 is 6.18 Å². The lowest BCUT2D eigenvalue weighted by Gasteiger charge is -2.09. The van der Waals surface area contributed by atoms with E-state index in [2.05, 4.69) is 31.4 Å². The standard InChI is InChI=1S/C13H11BrF3N3O/c14-9-4-3-7(6-8(9)13(15,16)17)11-19-12(21-20-11)10-2-1-5-18-10/h3-4,6,10,18H,1-2,5H2. The maximum Gasteiger partial charge on any atom is 0.417 e. The largest absolute Gasteiger partial charge is 0.417 e. The van der Waals surface area contributed by atoms with Crippen LogP contribution >= 0.6 is 15.9 Å². The Kier molecular flexibility index (Phi) is 3.75. The van der Waals surface area contributed by atoms with Crippen LogP contribution in [0, 0.1) is 0 Å². The van der Waals surface area contributed by atoms with Gasteiger partial charge in [0.05, 0.1) is 11.6 Å². The highest BCUT2D eigenvalue weighted by atomic mass is 79.9. The zero-order chi connectivity index (χ0) is 15.0. The van der Waals surface area contributed by atoms with Gasteiger partial charge in [0.1, 0.15) is 0 Å². The molecule has 21 heavy (non-hydrogen) atoms. The van der Waals surface area contributed by atoms with E-state index in [4.69, 9.17) is 4.52 Å². The molecule has 112 valence electrons. The maximum absolute atomic E-state index is 12.9. The summed E-state index contributed by atoms with van der Waals surface area (Å²) in [6.45, 7) is 0.874. The first kappa shape index (κ1) is 14.5. The van der Waals surface area contributed by atoms with Crippen molar-refractivity contribution < 1.29 is 17.7 Å². The van der Waals surface area contributed by atoms with Crippen molar-refractivity contribution in [3.63, 3.8) is 0 Å². The van der Waals surface area contributed by atoms with Gasteiger partial charge in [-0.25, -0.2) is 0 Å². The number of hydrogen-bond acceptors (Lipinski definition) is 4. The van der Waals surface area contributed by atoms with Gasteiger partial charge in [-0.05, 0) is 37.6 Å². The lowest BCUT2D eigenvalue weighted by Crippen LogP contribution is -2.13. The predicted octanol–water partition coefficient (Wildman–Crippen LogP) is 3.94.